The van der Waals surface area contributed by atoms with Crippen LogP contribution in [-0.2, 0) is 17.6 Å². The van der Waals surface area contributed by atoms with Crippen LogP contribution in [0.1, 0.15) is 28.5 Å². The van der Waals surface area contributed by atoms with Gasteiger partial charge in [-0.05, 0) is 49.6 Å². The molecule has 3 rings (SSSR count). The number of hydrogen-bond donors (Lipinski definition) is 0. The molecule has 0 saturated heterocycles. The van der Waals surface area contributed by atoms with Crippen LogP contribution < -0.4 is 0 Å². The third-order valence-corrected chi connectivity index (χ3v) is 3.73. The number of aryl methyl sites for hydroxylation is 2. The lowest BCUT2D eigenvalue weighted by Gasteiger charge is -2.03. The second-order valence-corrected chi connectivity index (χ2v) is 5.47. The minimum atomic E-state index is -0.404. The van der Waals surface area contributed by atoms with Crippen LogP contribution in [0.15, 0.2) is 54.9 Å². The summed E-state index contributed by atoms with van der Waals surface area (Å²) in [6, 6.07) is 11.8. The van der Waals surface area contributed by atoms with Gasteiger partial charge in [-0.15, -0.1) is 0 Å². The number of hydrogen-bond acceptors (Lipinski definition) is 4. The summed E-state index contributed by atoms with van der Waals surface area (Å²) in [4.78, 5) is 16.5. The van der Waals surface area contributed by atoms with E-state index in [1.807, 2.05) is 18.2 Å². The zero-order valence-corrected chi connectivity index (χ0v) is 13.9. The molecule has 0 bridgehead atoms. The van der Waals surface area contributed by atoms with Crippen LogP contribution >= 0.6 is 0 Å². The van der Waals surface area contributed by atoms with E-state index in [-0.39, 0.29) is 5.82 Å². The highest BCUT2D eigenvalue weighted by Crippen LogP contribution is 2.15. The lowest BCUT2D eigenvalue weighted by Crippen LogP contribution is -2.07. The number of pyridine rings is 1. The van der Waals surface area contributed by atoms with Gasteiger partial charge in [0.1, 0.15) is 11.4 Å². The number of carbonyl (C=O) groups is 1. The zero-order valence-electron chi connectivity index (χ0n) is 13.9. The Balaban J connectivity index is 1.86. The zero-order chi connectivity index (χ0) is 17.6. The number of ether oxygens (including phenoxy) is 1. The first-order chi connectivity index (χ1) is 12.2. The Morgan fingerprint density at radius 1 is 1.16 bits per heavy atom. The number of halogens is 1. The number of esters is 1. The Kier molecular flexibility index (Phi) is 5.18. The number of nitrogens with zero attached hydrogens (tertiary/aromatic N) is 3. The van der Waals surface area contributed by atoms with Crippen LogP contribution in [0.3, 0.4) is 0 Å². The summed E-state index contributed by atoms with van der Waals surface area (Å²) in [7, 11) is 0. The minimum absolute atomic E-state index is 0.268. The van der Waals surface area contributed by atoms with Crippen molar-refractivity contribution in [1.29, 1.82) is 0 Å². The van der Waals surface area contributed by atoms with Crippen molar-refractivity contribution in [3.8, 4) is 5.82 Å². The van der Waals surface area contributed by atoms with Crippen molar-refractivity contribution in [2.75, 3.05) is 6.61 Å². The normalized spacial score (nSPS) is 10.6. The Labute approximate surface area is 145 Å². The van der Waals surface area contributed by atoms with E-state index < -0.39 is 5.97 Å². The smallest absolute Gasteiger partial charge is 0.341 e. The highest BCUT2D eigenvalue weighted by atomic mass is 19.1. The van der Waals surface area contributed by atoms with Crippen molar-refractivity contribution in [3.05, 3.63) is 77.5 Å². The number of carbonyl (C=O) groups excluding carboxylic acids is 1. The molecule has 25 heavy (non-hydrogen) atoms. The first kappa shape index (κ1) is 16.8. The Morgan fingerprint density at radius 2 is 1.96 bits per heavy atom. The van der Waals surface area contributed by atoms with E-state index in [1.165, 1.54) is 12.1 Å². The van der Waals surface area contributed by atoms with Crippen molar-refractivity contribution in [3.63, 3.8) is 0 Å². The van der Waals surface area contributed by atoms with Gasteiger partial charge in [-0.3, -0.25) is 0 Å². The SMILES string of the molecule is CCOC(=O)c1cn(-c2ccccn2)nc1CCc1ccc(F)cc1. The number of aromatic nitrogens is 3. The fourth-order valence-corrected chi connectivity index (χ4v) is 2.49. The number of rotatable bonds is 6. The Morgan fingerprint density at radius 3 is 2.64 bits per heavy atom. The van der Waals surface area contributed by atoms with Gasteiger partial charge in [0.15, 0.2) is 5.82 Å². The van der Waals surface area contributed by atoms with Gasteiger partial charge in [0, 0.05) is 12.4 Å². The van der Waals surface area contributed by atoms with E-state index in [0.717, 1.165) is 5.56 Å². The van der Waals surface area contributed by atoms with Crippen LogP contribution in [0.4, 0.5) is 4.39 Å². The summed E-state index contributed by atoms with van der Waals surface area (Å²) in [6.07, 6.45) is 4.49. The summed E-state index contributed by atoms with van der Waals surface area (Å²) >= 11 is 0. The van der Waals surface area contributed by atoms with E-state index in [2.05, 4.69) is 10.1 Å². The van der Waals surface area contributed by atoms with E-state index in [4.69, 9.17) is 4.74 Å². The first-order valence-electron chi connectivity index (χ1n) is 8.09. The molecule has 0 saturated carbocycles. The largest absolute Gasteiger partial charge is 0.462 e. The van der Waals surface area contributed by atoms with Crippen molar-refractivity contribution in [1.82, 2.24) is 14.8 Å². The summed E-state index contributed by atoms with van der Waals surface area (Å²) in [5.41, 5.74) is 2.03. The molecule has 0 amide bonds. The highest BCUT2D eigenvalue weighted by Gasteiger charge is 2.18. The quantitative estimate of drug-likeness (QED) is 0.646. The Bertz CT molecular complexity index is 845. The van der Waals surface area contributed by atoms with Gasteiger partial charge in [-0.1, -0.05) is 18.2 Å². The van der Waals surface area contributed by atoms with Crippen molar-refractivity contribution in [2.45, 2.75) is 19.8 Å². The predicted octanol–water partition coefficient (Wildman–Crippen LogP) is 3.37. The minimum Gasteiger partial charge on any atom is -0.462 e. The average molecular weight is 339 g/mol. The molecular formula is C19H18FN3O2. The Hall–Kier alpha value is -3.02. The number of benzene rings is 1. The van der Waals surface area contributed by atoms with Gasteiger partial charge >= 0.3 is 5.97 Å². The first-order valence-corrected chi connectivity index (χ1v) is 8.09. The second kappa shape index (κ2) is 7.70. The van der Waals surface area contributed by atoms with E-state index >= 15 is 0 Å². The molecule has 0 aliphatic heterocycles. The van der Waals surface area contributed by atoms with Crippen LogP contribution in [0.2, 0.25) is 0 Å². The third kappa shape index (κ3) is 4.09. The van der Waals surface area contributed by atoms with Gasteiger partial charge in [-0.25, -0.2) is 18.9 Å². The van der Waals surface area contributed by atoms with E-state index in [9.17, 15) is 9.18 Å². The van der Waals surface area contributed by atoms with Crippen molar-refractivity contribution in [2.24, 2.45) is 0 Å². The van der Waals surface area contributed by atoms with Crippen molar-refractivity contribution < 1.29 is 13.9 Å². The molecule has 2 aromatic heterocycles. The molecule has 0 spiro atoms. The molecule has 0 atom stereocenters. The maximum absolute atomic E-state index is 13.0. The third-order valence-electron chi connectivity index (χ3n) is 3.73. The monoisotopic (exact) mass is 339 g/mol. The van der Waals surface area contributed by atoms with Crippen molar-refractivity contribution >= 4 is 5.97 Å². The summed E-state index contributed by atoms with van der Waals surface area (Å²) in [6.45, 7) is 2.06. The molecule has 0 aliphatic carbocycles. The maximum atomic E-state index is 13.0. The van der Waals surface area contributed by atoms with Gasteiger partial charge < -0.3 is 4.74 Å². The molecule has 0 N–H and O–H groups in total. The van der Waals surface area contributed by atoms with Crippen LogP contribution in [0.5, 0.6) is 0 Å². The standard InChI is InChI=1S/C19H18FN3O2/c1-2-25-19(24)16-13-23(18-5-3-4-12-21-18)22-17(16)11-8-14-6-9-15(20)10-7-14/h3-7,9-10,12-13H,2,8,11H2,1H3. The molecule has 1 aromatic carbocycles. The lowest BCUT2D eigenvalue weighted by atomic mass is 10.1. The van der Waals surface area contributed by atoms with Gasteiger partial charge in [0.05, 0.1) is 12.3 Å². The molecule has 2 heterocycles. The molecule has 3 aromatic rings. The summed E-state index contributed by atoms with van der Waals surface area (Å²) in [5.74, 6) is -0.0461. The molecule has 0 unspecified atom stereocenters. The van der Waals surface area contributed by atoms with Crippen LogP contribution in [0.25, 0.3) is 5.82 Å². The fraction of sp³-hybridized carbons (Fsp3) is 0.211. The van der Waals surface area contributed by atoms with E-state index in [0.29, 0.717) is 36.5 Å². The predicted molar refractivity (Wildman–Crippen MR) is 91.1 cm³/mol. The summed E-state index contributed by atoms with van der Waals surface area (Å²) < 4.78 is 19.7. The second-order valence-electron chi connectivity index (χ2n) is 5.47. The molecular weight excluding hydrogens is 321 g/mol. The van der Waals surface area contributed by atoms with Gasteiger partial charge in [-0.2, -0.15) is 5.10 Å². The molecule has 0 radical (unpaired) electrons. The molecule has 0 fully saturated rings. The molecule has 0 aliphatic rings. The van der Waals surface area contributed by atoms with E-state index in [1.54, 1.807) is 36.1 Å². The van der Waals surface area contributed by atoms with Gasteiger partial charge in [0.25, 0.3) is 0 Å². The maximum Gasteiger partial charge on any atom is 0.341 e. The molecule has 128 valence electrons. The summed E-state index contributed by atoms with van der Waals surface area (Å²) in [5, 5.41) is 4.50. The van der Waals surface area contributed by atoms with Gasteiger partial charge in [0.2, 0.25) is 0 Å². The molecule has 6 heteroatoms. The average Bonchev–Trinajstić information content (AvgIpc) is 3.07. The lowest BCUT2D eigenvalue weighted by molar-refractivity contribution is 0.0525. The fourth-order valence-electron chi connectivity index (χ4n) is 2.49. The topological polar surface area (TPSA) is 57.0 Å². The highest BCUT2D eigenvalue weighted by molar-refractivity contribution is 5.90. The van der Waals surface area contributed by atoms with Crippen LogP contribution in [-0.4, -0.2) is 27.3 Å². The van der Waals surface area contributed by atoms with Crippen LogP contribution in [0, 0.1) is 5.82 Å². The molecule has 5 nitrogen and oxygen atoms in total.